The van der Waals surface area contributed by atoms with Gasteiger partial charge in [-0.25, -0.2) is 4.39 Å². The third kappa shape index (κ3) is 5.87. The standard InChI is InChI=1S/C15H24FNS/c1-3-5-6-10-18-15-8-7-14(16)11-13(15)12-17-9-4-2/h7-8,11,17H,3-6,9-10,12H2,1-2H3. The highest BCUT2D eigenvalue weighted by atomic mass is 32.2. The first-order valence-electron chi connectivity index (χ1n) is 6.89. The molecular weight excluding hydrogens is 245 g/mol. The molecule has 1 aromatic carbocycles. The van der Waals surface area contributed by atoms with Gasteiger partial charge in [0.15, 0.2) is 0 Å². The maximum Gasteiger partial charge on any atom is 0.123 e. The molecule has 1 N–H and O–H groups in total. The van der Waals surface area contributed by atoms with Crippen molar-refractivity contribution in [3.05, 3.63) is 29.6 Å². The summed E-state index contributed by atoms with van der Waals surface area (Å²) < 4.78 is 13.3. The van der Waals surface area contributed by atoms with Crippen molar-refractivity contribution in [3.8, 4) is 0 Å². The van der Waals surface area contributed by atoms with E-state index in [4.69, 9.17) is 0 Å². The summed E-state index contributed by atoms with van der Waals surface area (Å²) >= 11 is 1.85. The number of hydrogen-bond acceptors (Lipinski definition) is 2. The molecule has 18 heavy (non-hydrogen) atoms. The number of unbranched alkanes of at least 4 members (excludes halogenated alkanes) is 2. The first-order valence-corrected chi connectivity index (χ1v) is 7.88. The van der Waals surface area contributed by atoms with Crippen LogP contribution in [0.3, 0.4) is 0 Å². The minimum absolute atomic E-state index is 0.138. The molecule has 102 valence electrons. The van der Waals surface area contributed by atoms with E-state index in [-0.39, 0.29) is 5.82 Å². The van der Waals surface area contributed by atoms with Crippen LogP contribution in [0.25, 0.3) is 0 Å². The Balaban J connectivity index is 2.52. The molecule has 0 bridgehead atoms. The zero-order valence-electron chi connectivity index (χ0n) is 11.5. The van der Waals surface area contributed by atoms with Crippen LogP contribution in [0.4, 0.5) is 4.39 Å². The molecule has 0 aromatic heterocycles. The summed E-state index contributed by atoms with van der Waals surface area (Å²) in [6.45, 7) is 6.10. The van der Waals surface area contributed by atoms with Gasteiger partial charge in [-0.2, -0.15) is 0 Å². The third-order valence-corrected chi connectivity index (χ3v) is 3.97. The van der Waals surface area contributed by atoms with E-state index in [1.807, 2.05) is 17.8 Å². The predicted molar refractivity (Wildman–Crippen MR) is 78.6 cm³/mol. The summed E-state index contributed by atoms with van der Waals surface area (Å²) in [6, 6.07) is 5.13. The van der Waals surface area contributed by atoms with E-state index in [1.165, 1.54) is 24.2 Å². The van der Waals surface area contributed by atoms with E-state index >= 15 is 0 Å². The zero-order chi connectivity index (χ0) is 13.2. The van der Waals surface area contributed by atoms with E-state index < -0.39 is 0 Å². The Hall–Kier alpha value is -0.540. The molecule has 0 amide bonds. The Bertz CT molecular complexity index is 341. The molecule has 0 unspecified atom stereocenters. The Labute approximate surface area is 115 Å². The number of halogens is 1. The number of thioether (sulfide) groups is 1. The molecule has 0 radical (unpaired) electrons. The van der Waals surface area contributed by atoms with E-state index in [0.717, 1.165) is 30.8 Å². The lowest BCUT2D eigenvalue weighted by atomic mass is 10.2. The van der Waals surface area contributed by atoms with E-state index in [0.29, 0.717) is 0 Å². The SMILES string of the molecule is CCCCCSc1ccc(F)cc1CNCCC. The average molecular weight is 269 g/mol. The summed E-state index contributed by atoms with van der Waals surface area (Å²) in [5.74, 6) is 0.987. The van der Waals surface area contributed by atoms with Crippen LogP contribution in [0.2, 0.25) is 0 Å². The molecule has 0 saturated heterocycles. The van der Waals surface area contributed by atoms with Crippen molar-refractivity contribution in [2.45, 2.75) is 51.0 Å². The van der Waals surface area contributed by atoms with Gasteiger partial charge in [0.25, 0.3) is 0 Å². The molecule has 0 heterocycles. The monoisotopic (exact) mass is 269 g/mol. The van der Waals surface area contributed by atoms with Gasteiger partial charge in [0.1, 0.15) is 5.82 Å². The zero-order valence-corrected chi connectivity index (χ0v) is 12.3. The third-order valence-electron chi connectivity index (χ3n) is 2.77. The van der Waals surface area contributed by atoms with E-state index in [2.05, 4.69) is 19.2 Å². The van der Waals surface area contributed by atoms with Crippen molar-refractivity contribution in [1.29, 1.82) is 0 Å². The lowest BCUT2D eigenvalue weighted by molar-refractivity contribution is 0.615. The lowest BCUT2D eigenvalue weighted by Gasteiger charge is -2.10. The second-order valence-corrected chi connectivity index (χ2v) is 5.62. The molecule has 0 spiro atoms. The highest BCUT2D eigenvalue weighted by molar-refractivity contribution is 7.99. The van der Waals surface area contributed by atoms with Gasteiger partial charge in [0.2, 0.25) is 0 Å². The van der Waals surface area contributed by atoms with Crippen LogP contribution in [0.1, 0.15) is 45.1 Å². The lowest BCUT2D eigenvalue weighted by Crippen LogP contribution is -2.14. The van der Waals surface area contributed by atoms with Gasteiger partial charge in [-0.1, -0.05) is 26.7 Å². The van der Waals surface area contributed by atoms with Gasteiger partial charge in [0.05, 0.1) is 0 Å². The van der Waals surface area contributed by atoms with Crippen LogP contribution in [0, 0.1) is 5.82 Å². The van der Waals surface area contributed by atoms with Crippen molar-refractivity contribution in [1.82, 2.24) is 5.32 Å². The molecule has 1 aromatic rings. The molecule has 1 nitrogen and oxygen atoms in total. The largest absolute Gasteiger partial charge is 0.313 e. The summed E-state index contributed by atoms with van der Waals surface area (Å²) in [5, 5.41) is 3.34. The van der Waals surface area contributed by atoms with Gasteiger partial charge in [-0.3, -0.25) is 0 Å². The molecular formula is C15H24FNS. The molecule has 3 heteroatoms. The second-order valence-electron chi connectivity index (χ2n) is 4.48. The Morgan fingerprint density at radius 1 is 1.17 bits per heavy atom. The van der Waals surface area contributed by atoms with E-state index in [9.17, 15) is 4.39 Å². The maximum absolute atomic E-state index is 13.3. The van der Waals surface area contributed by atoms with E-state index in [1.54, 1.807) is 12.1 Å². The normalized spacial score (nSPS) is 10.8. The van der Waals surface area contributed by atoms with Crippen molar-refractivity contribution in [3.63, 3.8) is 0 Å². The second kappa shape index (κ2) is 9.40. The Morgan fingerprint density at radius 2 is 2.00 bits per heavy atom. The van der Waals surface area contributed by atoms with Crippen molar-refractivity contribution < 1.29 is 4.39 Å². The van der Waals surface area contributed by atoms with Crippen LogP contribution in [0.5, 0.6) is 0 Å². The number of hydrogen-bond donors (Lipinski definition) is 1. The summed E-state index contributed by atoms with van der Waals surface area (Å²) in [5.41, 5.74) is 1.09. The molecule has 0 atom stereocenters. The van der Waals surface area contributed by atoms with Gasteiger partial charge in [-0.05, 0) is 48.9 Å². The fourth-order valence-corrected chi connectivity index (χ4v) is 2.81. The summed E-state index contributed by atoms with van der Waals surface area (Å²) in [4.78, 5) is 1.22. The van der Waals surface area contributed by atoms with Gasteiger partial charge >= 0.3 is 0 Å². The highest BCUT2D eigenvalue weighted by Gasteiger charge is 2.04. The molecule has 1 rings (SSSR count). The average Bonchev–Trinajstić information content (AvgIpc) is 2.37. The minimum Gasteiger partial charge on any atom is -0.313 e. The van der Waals surface area contributed by atoms with Crippen molar-refractivity contribution >= 4 is 11.8 Å². The topological polar surface area (TPSA) is 12.0 Å². The first kappa shape index (κ1) is 15.5. The van der Waals surface area contributed by atoms with Gasteiger partial charge in [-0.15, -0.1) is 11.8 Å². The Kier molecular flexibility index (Phi) is 8.10. The molecule has 0 fully saturated rings. The maximum atomic E-state index is 13.3. The summed E-state index contributed by atoms with van der Waals surface area (Å²) in [7, 11) is 0. The van der Waals surface area contributed by atoms with Gasteiger partial charge in [0, 0.05) is 11.4 Å². The minimum atomic E-state index is -0.138. The Morgan fingerprint density at radius 3 is 2.72 bits per heavy atom. The quantitative estimate of drug-likeness (QED) is 0.519. The summed E-state index contributed by atoms with van der Waals surface area (Å²) in [6.07, 6.45) is 4.86. The van der Waals surface area contributed by atoms with Crippen LogP contribution < -0.4 is 5.32 Å². The fraction of sp³-hybridized carbons (Fsp3) is 0.600. The van der Waals surface area contributed by atoms with Crippen LogP contribution >= 0.6 is 11.8 Å². The number of benzene rings is 1. The first-order chi connectivity index (χ1) is 8.77. The van der Waals surface area contributed by atoms with Gasteiger partial charge < -0.3 is 5.32 Å². The fourth-order valence-electron chi connectivity index (χ4n) is 1.76. The van der Waals surface area contributed by atoms with Crippen LogP contribution in [-0.4, -0.2) is 12.3 Å². The molecule has 0 saturated carbocycles. The number of nitrogens with one attached hydrogen (secondary N) is 1. The predicted octanol–water partition coefficient (Wildman–Crippen LogP) is 4.61. The van der Waals surface area contributed by atoms with Crippen molar-refractivity contribution in [2.24, 2.45) is 0 Å². The molecule has 0 aliphatic carbocycles. The number of rotatable bonds is 9. The van der Waals surface area contributed by atoms with Crippen LogP contribution in [-0.2, 0) is 6.54 Å². The van der Waals surface area contributed by atoms with Crippen molar-refractivity contribution in [2.75, 3.05) is 12.3 Å². The molecule has 0 aliphatic rings. The smallest absolute Gasteiger partial charge is 0.123 e. The van der Waals surface area contributed by atoms with Crippen LogP contribution in [0.15, 0.2) is 23.1 Å². The highest BCUT2D eigenvalue weighted by Crippen LogP contribution is 2.24. The molecule has 0 aliphatic heterocycles.